The highest BCUT2D eigenvalue weighted by Gasteiger charge is 2.26. The summed E-state index contributed by atoms with van der Waals surface area (Å²) in [5.74, 6) is 1.14. The topological polar surface area (TPSA) is 83.4 Å². The molecule has 154 valence electrons. The van der Waals surface area contributed by atoms with Gasteiger partial charge in [0, 0.05) is 44.9 Å². The monoisotopic (exact) mass is 404 g/mol. The number of rotatable bonds is 5. The van der Waals surface area contributed by atoms with E-state index in [2.05, 4.69) is 20.3 Å². The summed E-state index contributed by atoms with van der Waals surface area (Å²) in [6, 6.07) is 16.9. The van der Waals surface area contributed by atoms with Gasteiger partial charge in [0.1, 0.15) is 11.6 Å². The Balaban J connectivity index is 1.52. The number of benzene rings is 1. The first kappa shape index (κ1) is 19.6. The summed E-state index contributed by atoms with van der Waals surface area (Å²) in [4.78, 5) is 33.4. The maximum Gasteiger partial charge on any atom is 0.274 e. The largest absolute Gasteiger partial charge is 0.353 e. The number of para-hydroxylation sites is 1. The van der Waals surface area contributed by atoms with Crippen molar-refractivity contribution in [1.82, 2.24) is 19.7 Å². The number of aromatic nitrogens is 3. The number of hydrogen-bond acceptors (Lipinski definition) is 5. The van der Waals surface area contributed by atoms with Gasteiger partial charge in [-0.15, -0.1) is 0 Å². The maximum atomic E-state index is 13.1. The van der Waals surface area contributed by atoms with Crippen LogP contribution in [-0.4, -0.2) is 57.7 Å². The Morgan fingerprint density at radius 2 is 1.73 bits per heavy atom. The molecule has 1 aliphatic rings. The van der Waals surface area contributed by atoms with Crippen LogP contribution < -0.4 is 10.2 Å². The lowest BCUT2D eigenvalue weighted by Gasteiger charge is -2.35. The second kappa shape index (κ2) is 8.77. The Kier molecular flexibility index (Phi) is 5.74. The van der Waals surface area contributed by atoms with Gasteiger partial charge in [0.2, 0.25) is 5.91 Å². The lowest BCUT2D eigenvalue weighted by molar-refractivity contribution is -0.115. The first-order valence-corrected chi connectivity index (χ1v) is 10.1. The quantitative estimate of drug-likeness (QED) is 0.707. The minimum atomic E-state index is -0.141. The number of piperazine rings is 1. The van der Waals surface area contributed by atoms with Crippen molar-refractivity contribution in [1.29, 1.82) is 0 Å². The second-order valence-corrected chi connectivity index (χ2v) is 7.03. The summed E-state index contributed by atoms with van der Waals surface area (Å²) in [7, 11) is 0. The highest BCUT2D eigenvalue weighted by Crippen LogP contribution is 2.20. The minimum absolute atomic E-state index is 0.130. The third-order valence-electron chi connectivity index (χ3n) is 5.06. The molecule has 1 aromatic carbocycles. The van der Waals surface area contributed by atoms with E-state index in [0.717, 1.165) is 11.5 Å². The van der Waals surface area contributed by atoms with Gasteiger partial charge in [-0.05, 0) is 24.3 Å². The minimum Gasteiger partial charge on any atom is -0.353 e. The molecule has 3 aromatic rings. The van der Waals surface area contributed by atoms with E-state index in [1.165, 1.54) is 0 Å². The van der Waals surface area contributed by atoms with E-state index in [4.69, 9.17) is 0 Å². The highest BCUT2D eigenvalue weighted by molar-refractivity contribution is 5.95. The molecule has 0 spiro atoms. The van der Waals surface area contributed by atoms with E-state index in [1.54, 1.807) is 28.8 Å². The smallest absolute Gasteiger partial charge is 0.274 e. The molecule has 3 heterocycles. The van der Waals surface area contributed by atoms with Gasteiger partial charge in [-0.25, -0.2) is 9.67 Å². The summed E-state index contributed by atoms with van der Waals surface area (Å²) < 4.78 is 1.60. The van der Waals surface area contributed by atoms with E-state index < -0.39 is 0 Å². The number of nitrogens with zero attached hydrogens (tertiary/aromatic N) is 5. The van der Waals surface area contributed by atoms with Crippen molar-refractivity contribution in [2.75, 3.05) is 36.4 Å². The number of carbonyl (C=O) groups excluding carboxylic acids is 2. The molecule has 0 unspecified atom stereocenters. The van der Waals surface area contributed by atoms with Crippen molar-refractivity contribution in [3.05, 3.63) is 66.5 Å². The Morgan fingerprint density at radius 1 is 1.00 bits per heavy atom. The average Bonchev–Trinajstić information content (AvgIpc) is 3.23. The standard InChI is InChI=1S/C22H24N6O2/c1-2-21(29)24-20-16-18(25-28(20)17-8-4-3-5-9-17)22(30)27-14-12-26(13-15-27)19-10-6-7-11-23-19/h3-11,16H,2,12-15H2,1H3,(H,24,29). The second-order valence-electron chi connectivity index (χ2n) is 7.03. The van der Waals surface area contributed by atoms with E-state index in [9.17, 15) is 9.59 Å². The summed E-state index contributed by atoms with van der Waals surface area (Å²) >= 11 is 0. The maximum absolute atomic E-state index is 13.1. The third kappa shape index (κ3) is 4.17. The predicted molar refractivity (Wildman–Crippen MR) is 115 cm³/mol. The van der Waals surface area contributed by atoms with Gasteiger partial charge in [-0.2, -0.15) is 5.10 Å². The van der Waals surface area contributed by atoms with Crippen LogP contribution in [0.1, 0.15) is 23.8 Å². The number of hydrogen-bond donors (Lipinski definition) is 1. The zero-order chi connectivity index (χ0) is 20.9. The van der Waals surface area contributed by atoms with Gasteiger partial charge in [-0.3, -0.25) is 9.59 Å². The third-order valence-corrected chi connectivity index (χ3v) is 5.06. The fourth-order valence-electron chi connectivity index (χ4n) is 3.41. The molecule has 30 heavy (non-hydrogen) atoms. The average molecular weight is 404 g/mol. The lowest BCUT2D eigenvalue weighted by atomic mass is 10.2. The molecule has 0 aliphatic carbocycles. The molecule has 0 bridgehead atoms. The molecular formula is C22H24N6O2. The van der Waals surface area contributed by atoms with Crippen molar-refractivity contribution >= 4 is 23.5 Å². The zero-order valence-corrected chi connectivity index (χ0v) is 16.9. The molecule has 2 aromatic heterocycles. The summed E-state index contributed by atoms with van der Waals surface area (Å²) in [5, 5.41) is 7.34. The summed E-state index contributed by atoms with van der Waals surface area (Å²) in [5.41, 5.74) is 1.10. The van der Waals surface area contributed by atoms with E-state index >= 15 is 0 Å². The molecule has 8 nitrogen and oxygen atoms in total. The molecule has 2 amide bonds. The van der Waals surface area contributed by atoms with Crippen LogP contribution in [0.5, 0.6) is 0 Å². The van der Waals surface area contributed by atoms with Crippen LogP contribution in [0.3, 0.4) is 0 Å². The van der Waals surface area contributed by atoms with Crippen molar-refractivity contribution in [3.63, 3.8) is 0 Å². The Bertz CT molecular complexity index is 1010. The van der Waals surface area contributed by atoms with E-state index in [1.807, 2.05) is 48.5 Å². The first-order valence-electron chi connectivity index (χ1n) is 10.1. The molecule has 1 fully saturated rings. The Hall–Kier alpha value is -3.68. The van der Waals surface area contributed by atoms with Crippen molar-refractivity contribution in [3.8, 4) is 5.69 Å². The number of amides is 2. The first-order chi connectivity index (χ1) is 14.7. The SMILES string of the molecule is CCC(=O)Nc1cc(C(=O)N2CCN(c3ccccn3)CC2)nn1-c1ccccc1. The molecule has 0 radical (unpaired) electrons. The fourth-order valence-corrected chi connectivity index (χ4v) is 3.41. The van der Waals surface area contributed by atoms with Gasteiger partial charge < -0.3 is 15.1 Å². The molecular weight excluding hydrogens is 380 g/mol. The number of carbonyl (C=O) groups is 2. The highest BCUT2D eigenvalue weighted by atomic mass is 16.2. The summed E-state index contributed by atoms with van der Waals surface area (Å²) in [6.07, 6.45) is 2.12. The van der Waals surface area contributed by atoms with E-state index in [-0.39, 0.29) is 11.8 Å². The molecule has 1 aliphatic heterocycles. The van der Waals surface area contributed by atoms with E-state index in [0.29, 0.717) is 44.1 Å². The molecule has 0 atom stereocenters. The number of anilines is 2. The van der Waals surface area contributed by atoms with Crippen molar-refractivity contribution < 1.29 is 9.59 Å². The van der Waals surface area contributed by atoms with Crippen LogP contribution in [0.4, 0.5) is 11.6 Å². The summed E-state index contributed by atoms with van der Waals surface area (Å²) in [6.45, 7) is 4.38. The van der Waals surface area contributed by atoms with Crippen molar-refractivity contribution in [2.45, 2.75) is 13.3 Å². The van der Waals surface area contributed by atoms with Crippen LogP contribution in [-0.2, 0) is 4.79 Å². The fraction of sp³-hybridized carbons (Fsp3) is 0.273. The van der Waals surface area contributed by atoms with Gasteiger partial charge in [0.05, 0.1) is 5.69 Å². The van der Waals surface area contributed by atoms with Gasteiger partial charge >= 0.3 is 0 Å². The molecule has 8 heteroatoms. The van der Waals surface area contributed by atoms with Crippen LogP contribution in [0.25, 0.3) is 5.69 Å². The molecule has 1 N–H and O–H groups in total. The predicted octanol–water partition coefficient (Wildman–Crippen LogP) is 2.58. The van der Waals surface area contributed by atoms with Crippen LogP contribution in [0, 0.1) is 0 Å². The van der Waals surface area contributed by atoms with Crippen LogP contribution in [0.15, 0.2) is 60.8 Å². The van der Waals surface area contributed by atoms with Gasteiger partial charge in [0.15, 0.2) is 5.69 Å². The molecule has 0 saturated carbocycles. The number of nitrogens with one attached hydrogen (secondary N) is 1. The Labute approximate surface area is 175 Å². The molecule has 4 rings (SSSR count). The van der Waals surface area contributed by atoms with Crippen LogP contribution in [0.2, 0.25) is 0 Å². The van der Waals surface area contributed by atoms with Crippen LogP contribution >= 0.6 is 0 Å². The molecule has 1 saturated heterocycles. The van der Waals surface area contributed by atoms with Gasteiger partial charge in [-0.1, -0.05) is 31.2 Å². The van der Waals surface area contributed by atoms with Crippen molar-refractivity contribution in [2.24, 2.45) is 0 Å². The van der Waals surface area contributed by atoms with Gasteiger partial charge in [0.25, 0.3) is 5.91 Å². The lowest BCUT2D eigenvalue weighted by Crippen LogP contribution is -2.49. The Morgan fingerprint density at radius 3 is 2.40 bits per heavy atom. The zero-order valence-electron chi connectivity index (χ0n) is 16.9. The normalized spacial score (nSPS) is 13.9. The number of pyridine rings is 1.